The Balaban J connectivity index is 1.59. The number of hydrogen-bond acceptors (Lipinski definition) is 6. The summed E-state index contributed by atoms with van der Waals surface area (Å²) < 4.78 is 5.21. The van der Waals surface area contributed by atoms with Crippen molar-refractivity contribution < 1.29 is 19.1 Å². The van der Waals surface area contributed by atoms with Crippen molar-refractivity contribution in [3.05, 3.63) is 71.1 Å². The van der Waals surface area contributed by atoms with E-state index < -0.39 is 5.97 Å². The molecule has 1 aromatic heterocycles. The zero-order chi connectivity index (χ0) is 22.9. The van der Waals surface area contributed by atoms with Gasteiger partial charge in [0.15, 0.2) is 0 Å². The number of esters is 1. The van der Waals surface area contributed by atoms with Gasteiger partial charge in [0.2, 0.25) is 11.8 Å². The van der Waals surface area contributed by atoms with Gasteiger partial charge in [-0.2, -0.15) is 0 Å². The largest absolute Gasteiger partial charge is 0.462 e. The molecule has 2 N–H and O–H groups in total. The summed E-state index contributed by atoms with van der Waals surface area (Å²) in [5.74, 6) is -0.715. The molecule has 0 fully saturated rings. The SMILES string of the molecule is CCOC(=O)c1c(-c2ccccc2)csc1NC(=O)CSCC(=O)Nc1ccc(C)cc1. The monoisotopic (exact) mass is 468 g/mol. The molecule has 2 aromatic carbocycles. The van der Waals surface area contributed by atoms with Crippen LogP contribution in [0.1, 0.15) is 22.8 Å². The first kappa shape index (κ1) is 23.6. The summed E-state index contributed by atoms with van der Waals surface area (Å²) in [5.41, 5.74) is 3.76. The third kappa shape index (κ3) is 6.45. The molecule has 3 rings (SSSR count). The Morgan fingerprint density at radius 3 is 2.25 bits per heavy atom. The Kier molecular flexibility index (Phi) is 8.47. The lowest BCUT2D eigenvalue weighted by molar-refractivity contribution is -0.114. The number of rotatable bonds is 9. The number of thioether (sulfide) groups is 1. The third-order valence-electron chi connectivity index (χ3n) is 4.41. The molecule has 0 aliphatic rings. The van der Waals surface area contributed by atoms with Gasteiger partial charge < -0.3 is 15.4 Å². The Bertz CT molecular complexity index is 1080. The first-order chi connectivity index (χ1) is 15.5. The normalized spacial score (nSPS) is 10.4. The van der Waals surface area contributed by atoms with Gasteiger partial charge >= 0.3 is 5.97 Å². The Morgan fingerprint density at radius 2 is 1.59 bits per heavy atom. The fourth-order valence-electron chi connectivity index (χ4n) is 2.92. The van der Waals surface area contributed by atoms with Crippen LogP contribution in [-0.2, 0) is 14.3 Å². The lowest BCUT2D eigenvalue weighted by Gasteiger charge is -2.09. The Labute approximate surface area is 195 Å². The van der Waals surface area contributed by atoms with Gasteiger partial charge in [-0.05, 0) is 31.5 Å². The molecule has 32 heavy (non-hydrogen) atoms. The molecule has 0 atom stereocenters. The van der Waals surface area contributed by atoms with Crippen molar-refractivity contribution >= 4 is 51.6 Å². The van der Waals surface area contributed by atoms with E-state index in [4.69, 9.17) is 4.74 Å². The number of thiophene rings is 1. The van der Waals surface area contributed by atoms with E-state index in [1.807, 2.05) is 66.9 Å². The van der Waals surface area contributed by atoms with Crippen LogP contribution in [0.3, 0.4) is 0 Å². The number of amides is 2. The molecule has 1 heterocycles. The maximum atomic E-state index is 12.6. The number of ether oxygens (including phenoxy) is 1. The van der Waals surface area contributed by atoms with Crippen LogP contribution in [0, 0.1) is 6.92 Å². The molecule has 0 aliphatic heterocycles. The second kappa shape index (κ2) is 11.5. The minimum atomic E-state index is -0.479. The summed E-state index contributed by atoms with van der Waals surface area (Å²) in [5, 5.41) is 7.87. The molecular formula is C24H24N2O4S2. The van der Waals surface area contributed by atoms with E-state index in [1.165, 1.54) is 23.1 Å². The van der Waals surface area contributed by atoms with E-state index >= 15 is 0 Å². The number of carbonyl (C=O) groups is 3. The first-order valence-corrected chi connectivity index (χ1v) is 12.1. The van der Waals surface area contributed by atoms with Crippen molar-refractivity contribution in [3.8, 4) is 11.1 Å². The molecule has 8 heteroatoms. The summed E-state index contributed by atoms with van der Waals surface area (Å²) in [4.78, 5) is 37.1. The Hall–Kier alpha value is -3.10. The minimum absolute atomic E-state index is 0.0855. The maximum Gasteiger partial charge on any atom is 0.341 e. The number of carbonyl (C=O) groups excluding carboxylic acids is 3. The van der Waals surface area contributed by atoms with Crippen LogP contribution < -0.4 is 10.6 Å². The van der Waals surface area contributed by atoms with Gasteiger partial charge in [-0.1, -0.05) is 48.0 Å². The van der Waals surface area contributed by atoms with Crippen LogP contribution in [0.5, 0.6) is 0 Å². The van der Waals surface area contributed by atoms with E-state index in [-0.39, 0.29) is 29.9 Å². The predicted molar refractivity (Wildman–Crippen MR) is 131 cm³/mol. The summed E-state index contributed by atoms with van der Waals surface area (Å²) in [7, 11) is 0. The van der Waals surface area contributed by atoms with E-state index in [1.54, 1.807) is 6.92 Å². The molecule has 0 saturated heterocycles. The standard InChI is InChI=1S/C24H24N2O4S2/c1-3-30-24(29)22-19(17-7-5-4-6-8-17)13-32-23(22)26-21(28)15-31-14-20(27)25-18-11-9-16(2)10-12-18/h4-13H,3,14-15H2,1-2H3,(H,25,27)(H,26,28). The highest BCUT2D eigenvalue weighted by molar-refractivity contribution is 8.00. The molecule has 6 nitrogen and oxygen atoms in total. The second-order valence-corrected chi connectivity index (χ2v) is 8.76. The van der Waals surface area contributed by atoms with E-state index in [9.17, 15) is 14.4 Å². The van der Waals surface area contributed by atoms with Crippen molar-refractivity contribution in [2.45, 2.75) is 13.8 Å². The van der Waals surface area contributed by atoms with Gasteiger partial charge in [0.25, 0.3) is 0 Å². The highest BCUT2D eigenvalue weighted by atomic mass is 32.2. The smallest absolute Gasteiger partial charge is 0.341 e. The molecule has 0 bridgehead atoms. The summed E-state index contributed by atoms with van der Waals surface area (Å²) in [6, 6.07) is 17.0. The minimum Gasteiger partial charge on any atom is -0.462 e. The van der Waals surface area contributed by atoms with Crippen molar-refractivity contribution in [3.63, 3.8) is 0 Å². The summed E-state index contributed by atoms with van der Waals surface area (Å²) >= 11 is 2.48. The van der Waals surface area contributed by atoms with Gasteiger partial charge in [0.1, 0.15) is 10.6 Å². The van der Waals surface area contributed by atoms with Crippen LogP contribution in [0.4, 0.5) is 10.7 Å². The molecule has 2 amide bonds. The molecule has 0 aliphatic carbocycles. The lowest BCUT2D eigenvalue weighted by Crippen LogP contribution is -2.19. The number of nitrogens with one attached hydrogen (secondary N) is 2. The highest BCUT2D eigenvalue weighted by Gasteiger charge is 2.22. The topological polar surface area (TPSA) is 84.5 Å². The molecule has 0 saturated carbocycles. The molecule has 0 unspecified atom stereocenters. The number of hydrogen-bond donors (Lipinski definition) is 2. The maximum absolute atomic E-state index is 12.6. The molecule has 166 valence electrons. The van der Waals surface area contributed by atoms with Crippen molar-refractivity contribution in [2.75, 3.05) is 28.7 Å². The van der Waals surface area contributed by atoms with Gasteiger partial charge in [-0.3, -0.25) is 9.59 Å². The number of benzene rings is 2. The first-order valence-electron chi connectivity index (χ1n) is 10.1. The van der Waals surface area contributed by atoms with Gasteiger partial charge in [0.05, 0.1) is 18.1 Å². The Morgan fingerprint density at radius 1 is 0.938 bits per heavy atom. The average Bonchev–Trinajstić information content (AvgIpc) is 3.19. The highest BCUT2D eigenvalue weighted by Crippen LogP contribution is 2.36. The van der Waals surface area contributed by atoms with E-state index in [0.29, 0.717) is 10.6 Å². The van der Waals surface area contributed by atoms with Gasteiger partial charge in [0, 0.05) is 16.6 Å². The fraction of sp³-hybridized carbons (Fsp3) is 0.208. The lowest BCUT2D eigenvalue weighted by atomic mass is 10.0. The van der Waals surface area contributed by atoms with Crippen molar-refractivity contribution in [2.24, 2.45) is 0 Å². The van der Waals surface area contributed by atoms with E-state index in [0.717, 1.165) is 22.4 Å². The zero-order valence-corrected chi connectivity index (χ0v) is 19.5. The summed E-state index contributed by atoms with van der Waals surface area (Å²) in [6.07, 6.45) is 0. The van der Waals surface area contributed by atoms with Crippen molar-refractivity contribution in [1.82, 2.24) is 0 Å². The quantitative estimate of drug-likeness (QED) is 0.421. The van der Waals surface area contributed by atoms with E-state index in [2.05, 4.69) is 10.6 Å². The van der Waals surface area contributed by atoms with Crippen LogP contribution in [0.2, 0.25) is 0 Å². The van der Waals surface area contributed by atoms with Gasteiger partial charge in [-0.15, -0.1) is 23.1 Å². The fourth-order valence-corrected chi connectivity index (χ4v) is 4.51. The average molecular weight is 469 g/mol. The number of anilines is 2. The summed E-state index contributed by atoms with van der Waals surface area (Å²) in [6.45, 7) is 3.95. The molecule has 0 radical (unpaired) electrons. The predicted octanol–water partition coefficient (Wildman–Crippen LogP) is 5.21. The van der Waals surface area contributed by atoms with Crippen LogP contribution in [0.25, 0.3) is 11.1 Å². The van der Waals surface area contributed by atoms with Gasteiger partial charge in [-0.25, -0.2) is 4.79 Å². The molecule has 3 aromatic rings. The second-order valence-electron chi connectivity index (χ2n) is 6.90. The van der Waals surface area contributed by atoms with Crippen LogP contribution >= 0.6 is 23.1 Å². The van der Waals surface area contributed by atoms with Crippen LogP contribution in [-0.4, -0.2) is 35.9 Å². The van der Waals surface area contributed by atoms with Crippen LogP contribution in [0.15, 0.2) is 60.0 Å². The van der Waals surface area contributed by atoms with Crippen molar-refractivity contribution in [1.29, 1.82) is 0 Å². The zero-order valence-electron chi connectivity index (χ0n) is 17.8. The molecule has 0 spiro atoms. The number of aryl methyl sites for hydroxylation is 1. The third-order valence-corrected chi connectivity index (χ3v) is 6.24. The molecular weight excluding hydrogens is 444 g/mol.